The van der Waals surface area contributed by atoms with E-state index in [1.54, 1.807) is 12.3 Å². The zero-order valence-electron chi connectivity index (χ0n) is 8.92. The van der Waals surface area contributed by atoms with E-state index in [1.165, 1.54) is 16.3 Å². The van der Waals surface area contributed by atoms with Gasteiger partial charge >= 0.3 is 5.69 Å². The van der Waals surface area contributed by atoms with E-state index >= 15 is 0 Å². The van der Waals surface area contributed by atoms with Crippen molar-refractivity contribution in [3.63, 3.8) is 0 Å². The van der Waals surface area contributed by atoms with Crippen molar-refractivity contribution in [3.05, 3.63) is 22.7 Å². The zero-order valence-corrected chi connectivity index (χ0v) is 9.74. The van der Waals surface area contributed by atoms with E-state index in [0.29, 0.717) is 12.4 Å². The van der Waals surface area contributed by atoms with E-state index in [-0.39, 0.29) is 23.1 Å². The van der Waals surface area contributed by atoms with Gasteiger partial charge < -0.3 is 9.84 Å². The summed E-state index contributed by atoms with van der Waals surface area (Å²) in [5.74, 6) is 5.53. The summed E-state index contributed by atoms with van der Waals surface area (Å²) in [4.78, 5) is 14.4. The summed E-state index contributed by atoms with van der Waals surface area (Å²) in [7, 11) is 0. The molecule has 0 saturated carbocycles. The molecule has 17 heavy (non-hydrogen) atoms. The van der Waals surface area contributed by atoms with E-state index in [9.17, 15) is 4.79 Å². The van der Waals surface area contributed by atoms with Gasteiger partial charge in [0.1, 0.15) is 11.6 Å². The van der Waals surface area contributed by atoms with Gasteiger partial charge in [-0.25, -0.2) is 0 Å². The van der Waals surface area contributed by atoms with Crippen LogP contribution in [0.15, 0.2) is 17.1 Å². The third kappa shape index (κ3) is 2.76. The maximum Gasteiger partial charge on any atom is 0.498 e. The first-order valence-corrected chi connectivity index (χ1v) is 5.93. The molecule has 1 aliphatic rings. The molecule has 0 bridgehead atoms. The summed E-state index contributed by atoms with van der Waals surface area (Å²) in [5.41, 5.74) is 4.25. The fraction of sp³-hybridized carbons (Fsp3) is 0.500. The first-order valence-electron chi connectivity index (χ1n) is 4.98. The molecule has 0 unspecified atom stereocenters. The number of thioether (sulfide) groups is 1. The topological polar surface area (TPSA) is 116 Å². The molecule has 8 nitrogen and oxygen atoms in total. The third-order valence-electron chi connectivity index (χ3n) is 2.28. The Balaban J connectivity index is 2.14. The Morgan fingerprint density at radius 3 is 3.18 bits per heavy atom. The van der Waals surface area contributed by atoms with Gasteiger partial charge in [-0.05, 0) is 0 Å². The molecule has 2 rings (SSSR count). The number of aromatic nitrogens is 2. The molecule has 1 aromatic rings. The number of anilines is 1. The lowest BCUT2D eigenvalue weighted by molar-refractivity contribution is -0.716. The number of aromatic amines is 1. The minimum Gasteiger partial charge on any atom is -0.393 e. The lowest BCUT2D eigenvalue weighted by Gasteiger charge is -2.05. The van der Waals surface area contributed by atoms with Gasteiger partial charge in [0.2, 0.25) is 5.82 Å². The molecular formula is C8H14N5O3S+. The fourth-order valence-electron chi connectivity index (χ4n) is 1.51. The molecule has 1 aromatic heterocycles. The van der Waals surface area contributed by atoms with Crippen LogP contribution in [0.3, 0.4) is 0 Å². The summed E-state index contributed by atoms with van der Waals surface area (Å²) < 4.78 is 6.81. The molecule has 0 aliphatic carbocycles. The first kappa shape index (κ1) is 12.3. The lowest BCUT2D eigenvalue weighted by Crippen LogP contribution is -2.54. The molecule has 2 atom stereocenters. The Hall–Kier alpha value is -1.13. The molecule has 9 heteroatoms. The molecule has 0 spiro atoms. The maximum atomic E-state index is 11.8. The monoisotopic (exact) mass is 260 g/mol. The number of nitrogens with two attached hydrogens (primary N) is 1. The molecule has 1 aliphatic heterocycles. The second-order valence-electron chi connectivity index (χ2n) is 3.37. The van der Waals surface area contributed by atoms with Gasteiger partial charge in [-0.1, -0.05) is 11.8 Å². The van der Waals surface area contributed by atoms with E-state index < -0.39 is 0 Å². The van der Waals surface area contributed by atoms with Crippen LogP contribution < -0.4 is 27.1 Å². The quantitative estimate of drug-likeness (QED) is 0.242. The maximum absolute atomic E-state index is 11.8. The number of hydrogen-bond donors (Lipinski definition) is 5. The van der Waals surface area contributed by atoms with Crippen molar-refractivity contribution >= 4 is 17.6 Å². The molecule has 0 amide bonds. The van der Waals surface area contributed by atoms with Crippen molar-refractivity contribution < 1.29 is 14.4 Å². The van der Waals surface area contributed by atoms with Crippen molar-refractivity contribution in [2.24, 2.45) is 5.84 Å². The molecule has 94 valence electrons. The summed E-state index contributed by atoms with van der Waals surface area (Å²) in [5, 5.41) is 8.81. The number of rotatable bonds is 4. The smallest absolute Gasteiger partial charge is 0.393 e. The average molecular weight is 260 g/mol. The lowest BCUT2D eigenvalue weighted by atomic mass is 10.5. The zero-order chi connectivity index (χ0) is 12.3. The van der Waals surface area contributed by atoms with Crippen molar-refractivity contribution in [2.75, 3.05) is 18.6 Å². The van der Waals surface area contributed by atoms with Crippen LogP contribution in [-0.2, 0) is 4.74 Å². The molecule has 2 heterocycles. The second kappa shape index (κ2) is 5.47. The number of aliphatic hydroxyl groups excluding tert-OH is 1. The molecule has 1 saturated heterocycles. The van der Waals surface area contributed by atoms with Crippen LogP contribution in [-0.4, -0.2) is 28.7 Å². The van der Waals surface area contributed by atoms with Gasteiger partial charge in [0.05, 0.1) is 13.2 Å². The number of hydrogen-bond acceptors (Lipinski definition) is 7. The summed E-state index contributed by atoms with van der Waals surface area (Å²) in [6.45, 7) is 0.335. The van der Waals surface area contributed by atoms with Crippen LogP contribution in [0, 0.1) is 0 Å². The predicted octanol–water partition coefficient (Wildman–Crippen LogP) is -1.97. The molecule has 6 N–H and O–H groups in total. The molecule has 0 aromatic carbocycles. The largest absolute Gasteiger partial charge is 0.498 e. The summed E-state index contributed by atoms with van der Waals surface area (Å²) in [6, 6.07) is 1.67. The van der Waals surface area contributed by atoms with Crippen LogP contribution in [0.4, 0.5) is 5.82 Å². The fourth-order valence-corrected chi connectivity index (χ4v) is 2.55. The number of aliphatic hydroxyl groups is 1. The van der Waals surface area contributed by atoms with Gasteiger partial charge in [0, 0.05) is 6.07 Å². The Bertz CT molecular complexity index is 439. The average Bonchev–Trinajstić information content (AvgIpc) is 2.78. The predicted molar refractivity (Wildman–Crippen MR) is 61.7 cm³/mol. The minimum absolute atomic E-state index is 0.0592. The van der Waals surface area contributed by atoms with Crippen LogP contribution in [0.25, 0.3) is 0 Å². The SMILES string of the molecule is NNNc1cc[n+]([C@@H]2CO[C@H](CO)S2)c(=O)[nH]1. The molecular weight excluding hydrogens is 246 g/mol. The van der Waals surface area contributed by atoms with E-state index in [1.807, 2.05) is 0 Å². The van der Waals surface area contributed by atoms with Crippen molar-refractivity contribution in [2.45, 2.75) is 10.8 Å². The Morgan fingerprint density at radius 1 is 1.76 bits per heavy atom. The van der Waals surface area contributed by atoms with Crippen LogP contribution >= 0.6 is 11.8 Å². The van der Waals surface area contributed by atoms with Crippen LogP contribution in [0.1, 0.15) is 5.37 Å². The van der Waals surface area contributed by atoms with Crippen LogP contribution in [0.5, 0.6) is 0 Å². The normalized spacial score (nSPS) is 23.9. The van der Waals surface area contributed by atoms with Crippen molar-refractivity contribution in [3.8, 4) is 0 Å². The minimum atomic E-state index is -0.273. The van der Waals surface area contributed by atoms with Gasteiger partial charge in [-0.3, -0.25) is 11.3 Å². The second-order valence-corrected chi connectivity index (χ2v) is 4.71. The molecule has 0 radical (unpaired) electrons. The highest BCUT2D eigenvalue weighted by molar-refractivity contribution is 7.99. The van der Waals surface area contributed by atoms with Crippen molar-refractivity contribution in [1.29, 1.82) is 0 Å². The van der Waals surface area contributed by atoms with Gasteiger partial charge in [-0.2, -0.15) is 19.9 Å². The van der Waals surface area contributed by atoms with Gasteiger partial charge in [0.25, 0.3) is 0 Å². The van der Waals surface area contributed by atoms with Crippen LogP contribution in [0.2, 0.25) is 0 Å². The Kier molecular flexibility index (Phi) is 3.97. The number of nitrogens with zero attached hydrogens (tertiary/aromatic N) is 1. The number of hydrazine groups is 2. The van der Waals surface area contributed by atoms with Crippen molar-refractivity contribution in [1.82, 2.24) is 10.5 Å². The number of H-pyrrole nitrogens is 1. The first-order chi connectivity index (χ1) is 8.24. The number of nitrogens with one attached hydrogen (secondary N) is 3. The van der Waals surface area contributed by atoms with E-state index in [0.717, 1.165) is 0 Å². The Labute approximate surface area is 101 Å². The van der Waals surface area contributed by atoms with Gasteiger partial charge in [-0.15, -0.1) is 0 Å². The summed E-state index contributed by atoms with van der Waals surface area (Å²) in [6.07, 6.45) is 1.64. The number of ether oxygens (including phenoxy) is 1. The van der Waals surface area contributed by atoms with E-state index in [2.05, 4.69) is 15.9 Å². The van der Waals surface area contributed by atoms with E-state index in [4.69, 9.17) is 15.7 Å². The summed E-state index contributed by atoms with van der Waals surface area (Å²) >= 11 is 1.41. The highest BCUT2D eigenvalue weighted by Crippen LogP contribution is 2.30. The standard InChI is InChI=1S/C8H13N5O3S/c9-12-11-5-1-2-13(8(15)10-5)6-4-16-7(3-14)17-6/h1-2,6-7,12,14H,3-4,9H2,(H,10,11,15)/p+1/t6-,7-/m0/s1. The molecule has 1 fully saturated rings. The highest BCUT2D eigenvalue weighted by Gasteiger charge is 2.31. The highest BCUT2D eigenvalue weighted by atomic mass is 32.2. The van der Waals surface area contributed by atoms with Gasteiger partial charge in [0.15, 0.2) is 5.37 Å². The Morgan fingerprint density at radius 2 is 2.59 bits per heavy atom. The third-order valence-corrected chi connectivity index (χ3v) is 3.54.